The first kappa shape index (κ1) is 15.5. The average molecular weight is 307 g/mol. The number of nitrogen functional groups attached to an aromatic ring is 1. The first-order valence-electron chi connectivity index (χ1n) is 6.50. The van der Waals surface area contributed by atoms with E-state index in [-0.39, 0.29) is 19.8 Å². The first-order chi connectivity index (χ1) is 10.1. The minimum Gasteiger partial charge on any atom is -0.462 e. The molecule has 112 valence electrons. The maximum absolute atomic E-state index is 12.0. The summed E-state index contributed by atoms with van der Waals surface area (Å²) >= 11 is 1.27. The number of hydrogen-bond acceptors (Lipinski definition) is 6. The molecule has 21 heavy (non-hydrogen) atoms. The van der Waals surface area contributed by atoms with Crippen molar-refractivity contribution in [2.24, 2.45) is 0 Å². The van der Waals surface area contributed by atoms with E-state index in [0.717, 1.165) is 5.56 Å². The summed E-state index contributed by atoms with van der Waals surface area (Å²) in [6, 6.07) is 5.26. The fraction of sp³-hybridized carbons (Fsp3) is 0.267. The van der Waals surface area contributed by atoms with E-state index in [4.69, 9.17) is 10.5 Å². The van der Waals surface area contributed by atoms with E-state index in [2.05, 4.69) is 0 Å². The van der Waals surface area contributed by atoms with Gasteiger partial charge in [0.15, 0.2) is 0 Å². The minimum atomic E-state index is -0.456. The van der Waals surface area contributed by atoms with E-state index in [0.29, 0.717) is 27.3 Å². The molecule has 0 saturated carbocycles. The van der Waals surface area contributed by atoms with Crippen LogP contribution in [0, 0.1) is 0 Å². The van der Waals surface area contributed by atoms with Gasteiger partial charge in [0.25, 0.3) is 0 Å². The summed E-state index contributed by atoms with van der Waals surface area (Å²) in [6.45, 7) is 1.68. The molecule has 6 heteroatoms. The van der Waals surface area contributed by atoms with Gasteiger partial charge in [-0.1, -0.05) is 12.1 Å². The van der Waals surface area contributed by atoms with Gasteiger partial charge in [-0.2, -0.15) is 0 Å². The number of thiophene rings is 1. The van der Waals surface area contributed by atoms with Crippen molar-refractivity contribution < 1.29 is 19.7 Å². The molecule has 0 spiro atoms. The van der Waals surface area contributed by atoms with Crippen LogP contribution in [0.3, 0.4) is 0 Å². The highest BCUT2D eigenvalue weighted by Gasteiger charge is 2.20. The molecule has 0 unspecified atom stereocenters. The maximum atomic E-state index is 12.0. The Morgan fingerprint density at radius 3 is 2.62 bits per heavy atom. The van der Waals surface area contributed by atoms with E-state index < -0.39 is 5.97 Å². The zero-order chi connectivity index (χ0) is 15.4. The van der Waals surface area contributed by atoms with Gasteiger partial charge in [-0.25, -0.2) is 4.79 Å². The van der Waals surface area contributed by atoms with Gasteiger partial charge in [-0.3, -0.25) is 0 Å². The van der Waals surface area contributed by atoms with Crippen LogP contribution in [0.5, 0.6) is 0 Å². The van der Waals surface area contributed by atoms with E-state index in [1.54, 1.807) is 30.5 Å². The Morgan fingerprint density at radius 1 is 1.29 bits per heavy atom. The number of anilines is 1. The number of aliphatic hydroxyl groups excluding tert-OH is 2. The van der Waals surface area contributed by atoms with Crippen molar-refractivity contribution in [1.29, 1.82) is 0 Å². The van der Waals surface area contributed by atoms with Crippen LogP contribution in [-0.4, -0.2) is 22.8 Å². The number of rotatable bonds is 5. The van der Waals surface area contributed by atoms with E-state index in [1.165, 1.54) is 11.3 Å². The average Bonchev–Trinajstić information content (AvgIpc) is 2.88. The van der Waals surface area contributed by atoms with E-state index in [1.807, 2.05) is 0 Å². The summed E-state index contributed by atoms with van der Waals surface area (Å²) in [5.74, 6) is -0.456. The fourth-order valence-corrected chi connectivity index (χ4v) is 2.90. The SMILES string of the molecule is CCOC(=O)c1c(-c2ccc(CO)c(CO)c2)csc1N. The molecule has 4 N–H and O–H groups in total. The molecule has 0 fully saturated rings. The predicted octanol–water partition coefficient (Wildman–Crippen LogP) is 2.16. The molecule has 0 saturated heterocycles. The molecule has 5 nitrogen and oxygen atoms in total. The third-order valence-electron chi connectivity index (χ3n) is 3.16. The van der Waals surface area contributed by atoms with Crippen LogP contribution in [0.15, 0.2) is 23.6 Å². The Balaban J connectivity index is 2.50. The Labute approximate surface area is 126 Å². The molecule has 2 aromatic rings. The number of carbonyl (C=O) groups is 1. The number of aliphatic hydroxyl groups is 2. The smallest absolute Gasteiger partial charge is 0.341 e. The molecule has 0 aliphatic rings. The van der Waals surface area contributed by atoms with Crippen LogP contribution in [-0.2, 0) is 18.0 Å². The van der Waals surface area contributed by atoms with E-state index in [9.17, 15) is 15.0 Å². The highest BCUT2D eigenvalue weighted by atomic mass is 32.1. The Hall–Kier alpha value is -1.89. The summed E-state index contributed by atoms with van der Waals surface area (Å²) in [7, 11) is 0. The van der Waals surface area contributed by atoms with Crippen LogP contribution in [0.1, 0.15) is 28.4 Å². The van der Waals surface area contributed by atoms with Gasteiger partial charge in [-0.05, 0) is 29.7 Å². The minimum absolute atomic E-state index is 0.146. The molecule has 0 bridgehead atoms. The summed E-state index contributed by atoms with van der Waals surface area (Å²) in [5.41, 5.74) is 8.92. The molecule has 0 amide bonds. The van der Waals surface area contributed by atoms with Crippen molar-refractivity contribution in [2.45, 2.75) is 20.1 Å². The summed E-state index contributed by atoms with van der Waals surface area (Å²) in [4.78, 5) is 12.0. The van der Waals surface area contributed by atoms with Crippen LogP contribution < -0.4 is 5.73 Å². The number of esters is 1. The van der Waals surface area contributed by atoms with Crippen molar-refractivity contribution in [2.75, 3.05) is 12.3 Å². The lowest BCUT2D eigenvalue weighted by Crippen LogP contribution is -2.07. The zero-order valence-corrected chi connectivity index (χ0v) is 12.4. The van der Waals surface area contributed by atoms with Crippen molar-refractivity contribution in [3.8, 4) is 11.1 Å². The largest absolute Gasteiger partial charge is 0.462 e. The normalized spacial score (nSPS) is 10.6. The highest BCUT2D eigenvalue weighted by Crippen LogP contribution is 2.35. The fourth-order valence-electron chi connectivity index (χ4n) is 2.09. The third kappa shape index (κ3) is 3.07. The molecular weight excluding hydrogens is 290 g/mol. The number of benzene rings is 1. The van der Waals surface area contributed by atoms with Gasteiger partial charge in [0, 0.05) is 10.9 Å². The van der Waals surface area contributed by atoms with Crippen molar-refractivity contribution >= 4 is 22.3 Å². The lowest BCUT2D eigenvalue weighted by molar-refractivity contribution is 0.0529. The van der Waals surface area contributed by atoms with Crippen LogP contribution in [0.2, 0.25) is 0 Å². The van der Waals surface area contributed by atoms with Crippen LogP contribution in [0.4, 0.5) is 5.00 Å². The van der Waals surface area contributed by atoms with Gasteiger partial charge in [0.05, 0.1) is 19.8 Å². The molecule has 0 aliphatic heterocycles. The summed E-state index contributed by atoms with van der Waals surface area (Å²) < 4.78 is 5.03. The van der Waals surface area contributed by atoms with Crippen molar-refractivity contribution in [3.05, 3.63) is 40.3 Å². The topological polar surface area (TPSA) is 92.8 Å². The lowest BCUT2D eigenvalue weighted by Gasteiger charge is -2.09. The van der Waals surface area contributed by atoms with E-state index >= 15 is 0 Å². The molecule has 2 rings (SSSR count). The molecule has 1 aromatic heterocycles. The molecule has 0 atom stereocenters. The van der Waals surface area contributed by atoms with Crippen LogP contribution in [0.25, 0.3) is 11.1 Å². The molecule has 0 radical (unpaired) electrons. The monoisotopic (exact) mass is 307 g/mol. The summed E-state index contributed by atoms with van der Waals surface area (Å²) in [6.07, 6.45) is 0. The Bertz CT molecular complexity index is 651. The first-order valence-corrected chi connectivity index (χ1v) is 7.38. The van der Waals surface area contributed by atoms with Gasteiger partial charge < -0.3 is 20.7 Å². The standard InChI is InChI=1S/C15H17NO4S/c1-2-20-15(19)13-12(8-21-14(13)16)9-3-4-10(6-17)11(5-9)7-18/h3-5,8,17-18H,2,6-7,16H2,1H3. The molecule has 0 aliphatic carbocycles. The number of nitrogens with two attached hydrogens (primary N) is 1. The van der Waals surface area contributed by atoms with Gasteiger partial charge >= 0.3 is 5.97 Å². The number of ether oxygens (including phenoxy) is 1. The second-order valence-corrected chi connectivity index (χ2v) is 5.32. The molecule has 1 aromatic carbocycles. The number of hydrogen-bond donors (Lipinski definition) is 3. The van der Waals surface area contributed by atoms with Gasteiger partial charge in [-0.15, -0.1) is 11.3 Å². The molecular formula is C15H17NO4S. The Morgan fingerprint density at radius 2 is 2.00 bits per heavy atom. The van der Waals surface area contributed by atoms with Crippen molar-refractivity contribution in [3.63, 3.8) is 0 Å². The van der Waals surface area contributed by atoms with Crippen LogP contribution >= 0.6 is 11.3 Å². The maximum Gasteiger partial charge on any atom is 0.341 e. The lowest BCUT2D eigenvalue weighted by atomic mass is 9.99. The second kappa shape index (κ2) is 6.71. The predicted molar refractivity (Wildman–Crippen MR) is 82.0 cm³/mol. The Kier molecular flexibility index (Phi) is 4.95. The second-order valence-electron chi connectivity index (χ2n) is 4.41. The number of carbonyl (C=O) groups excluding carboxylic acids is 1. The highest BCUT2D eigenvalue weighted by molar-refractivity contribution is 7.14. The summed E-state index contributed by atoms with van der Waals surface area (Å²) in [5, 5.41) is 20.8. The zero-order valence-electron chi connectivity index (χ0n) is 11.6. The van der Waals surface area contributed by atoms with Gasteiger partial charge in [0.2, 0.25) is 0 Å². The third-order valence-corrected chi connectivity index (χ3v) is 3.97. The van der Waals surface area contributed by atoms with Gasteiger partial charge in [0.1, 0.15) is 10.6 Å². The molecule has 1 heterocycles. The quantitative estimate of drug-likeness (QED) is 0.736. The van der Waals surface area contributed by atoms with Crippen molar-refractivity contribution in [1.82, 2.24) is 0 Å².